The molecule has 1 aromatic rings. The Balaban J connectivity index is 0.00000312. The van der Waals surface area contributed by atoms with Gasteiger partial charge in [-0.3, -0.25) is 14.4 Å². The molecule has 1 heterocycles. The highest BCUT2D eigenvalue weighted by Crippen LogP contribution is 2.32. The summed E-state index contributed by atoms with van der Waals surface area (Å²) < 4.78 is 5.44. The molecule has 3 amide bonds. The van der Waals surface area contributed by atoms with E-state index in [1.54, 1.807) is 25.1 Å². The molecule has 8 nitrogen and oxygen atoms in total. The van der Waals surface area contributed by atoms with Crippen molar-refractivity contribution in [2.45, 2.75) is 32.9 Å². The van der Waals surface area contributed by atoms with Crippen LogP contribution in [0, 0.1) is 5.92 Å². The Labute approximate surface area is 152 Å². The Morgan fingerprint density at radius 3 is 2.68 bits per heavy atom. The van der Waals surface area contributed by atoms with Crippen molar-refractivity contribution in [3.05, 3.63) is 18.2 Å². The van der Waals surface area contributed by atoms with Crippen LogP contribution >= 0.6 is 12.4 Å². The van der Waals surface area contributed by atoms with Crippen molar-refractivity contribution in [3.63, 3.8) is 0 Å². The second-order valence-electron chi connectivity index (χ2n) is 6.00. The summed E-state index contributed by atoms with van der Waals surface area (Å²) in [7, 11) is 0. The molecule has 0 aromatic heterocycles. The van der Waals surface area contributed by atoms with Crippen LogP contribution in [0.15, 0.2) is 18.2 Å². The average Bonchev–Trinajstić information content (AvgIpc) is 2.53. The van der Waals surface area contributed by atoms with Gasteiger partial charge in [-0.2, -0.15) is 0 Å². The predicted octanol–water partition coefficient (Wildman–Crippen LogP) is 0.866. The van der Waals surface area contributed by atoms with Crippen molar-refractivity contribution < 1.29 is 19.1 Å². The molecule has 25 heavy (non-hydrogen) atoms. The van der Waals surface area contributed by atoms with E-state index in [0.29, 0.717) is 17.1 Å². The number of anilines is 2. The summed E-state index contributed by atoms with van der Waals surface area (Å²) in [6, 6.07) is 4.26. The number of amides is 3. The fraction of sp³-hybridized carbons (Fsp3) is 0.438. The maximum absolute atomic E-state index is 11.9. The highest BCUT2D eigenvalue weighted by Gasteiger charge is 2.23. The minimum absolute atomic E-state index is 0. The largest absolute Gasteiger partial charge is 0.479 e. The number of nitrogens with one attached hydrogen (secondary N) is 3. The number of carbonyl (C=O) groups is 3. The van der Waals surface area contributed by atoms with Crippen LogP contribution in [0.2, 0.25) is 0 Å². The molecule has 1 unspecified atom stereocenters. The monoisotopic (exact) mass is 370 g/mol. The van der Waals surface area contributed by atoms with Gasteiger partial charge in [0.1, 0.15) is 5.75 Å². The third-order valence-corrected chi connectivity index (χ3v) is 3.64. The number of rotatable bonds is 5. The summed E-state index contributed by atoms with van der Waals surface area (Å²) in [6.07, 6.45) is -0.557. The highest BCUT2D eigenvalue weighted by atomic mass is 35.5. The Bertz CT molecular complexity index is 666. The first kappa shape index (κ1) is 20.7. The first-order chi connectivity index (χ1) is 11.3. The van der Waals surface area contributed by atoms with Gasteiger partial charge in [0.15, 0.2) is 6.10 Å². The van der Waals surface area contributed by atoms with Crippen LogP contribution in [0.25, 0.3) is 0 Å². The summed E-state index contributed by atoms with van der Waals surface area (Å²) in [5, 5.41) is 7.83. The Kier molecular flexibility index (Phi) is 7.20. The van der Waals surface area contributed by atoms with Crippen LogP contribution < -0.4 is 26.4 Å². The predicted molar refractivity (Wildman–Crippen MR) is 96.9 cm³/mol. The Morgan fingerprint density at radius 1 is 1.36 bits per heavy atom. The smallest absolute Gasteiger partial charge is 0.265 e. The standard InChI is InChI=1S/C16H22N4O4.ClH/c1-8(2)14(17)16(23)18-7-13(21)19-10-4-5-12-11(6-10)20-15(22)9(3)24-12;/h4-6,8-9,14H,7,17H2,1-3H3,(H,18,23)(H,19,21)(H,20,22);1H/t9?,14-;/m0./s1. The molecule has 0 spiro atoms. The lowest BCUT2D eigenvalue weighted by atomic mass is 10.1. The van der Waals surface area contributed by atoms with Gasteiger partial charge in [0.05, 0.1) is 18.3 Å². The number of carbonyl (C=O) groups excluding carboxylic acids is 3. The number of fused-ring (bicyclic) bond motifs is 1. The molecule has 0 aliphatic carbocycles. The summed E-state index contributed by atoms with van der Waals surface area (Å²) in [5.74, 6) is -0.493. The van der Waals surface area contributed by atoms with Crippen LogP contribution in [0.4, 0.5) is 11.4 Å². The molecular weight excluding hydrogens is 348 g/mol. The Hall–Kier alpha value is -2.32. The zero-order valence-electron chi connectivity index (χ0n) is 14.3. The average molecular weight is 371 g/mol. The third kappa shape index (κ3) is 5.33. The van der Waals surface area contributed by atoms with Gasteiger partial charge in [0.2, 0.25) is 11.8 Å². The van der Waals surface area contributed by atoms with Crippen molar-refractivity contribution >= 4 is 41.5 Å². The van der Waals surface area contributed by atoms with Crippen LogP contribution in [0.3, 0.4) is 0 Å². The van der Waals surface area contributed by atoms with E-state index >= 15 is 0 Å². The normalized spacial score (nSPS) is 16.7. The quantitative estimate of drug-likeness (QED) is 0.612. The van der Waals surface area contributed by atoms with Gasteiger partial charge in [-0.25, -0.2) is 0 Å². The molecule has 0 saturated carbocycles. The molecule has 0 fully saturated rings. The summed E-state index contributed by atoms with van der Waals surface area (Å²) in [6.45, 7) is 5.12. The van der Waals surface area contributed by atoms with Crippen LogP contribution in [0.1, 0.15) is 20.8 Å². The van der Waals surface area contributed by atoms with E-state index in [2.05, 4.69) is 16.0 Å². The van der Waals surface area contributed by atoms with E-state index in [-0.39, 0.29) is 36.7 Å². The van der Waals surface area contributed by atoms with E-state index in [1.807, 2.05) is 13.8 Å². The van der Waals surface area contributed by atoms with Gasteiger partial charge in [-0.15, -0.1) is 12.4 Å². The van der Waals surface area contributed by atoms with Gasteiger partial charge in [0.25, 0.3) is 5.91 Å². The minimum Gasteiger partial charge on any atom is -0.479 e. The molecule has 0 radical (unpaired) electrons. The third-order valence-electron chi connectivity index (χ3n) is 3.64. The maximum atomic E-state index is 11.9. The summed E-state index contributed by atoms with van der Waals surface area (Å²) in [4.78, 5) is 35.2. The number of ether oxygens (including phenoxy) is 1. The highest BCUT2D eigenvalue weighted by molar-refractivity contribution is 6.00. The molecule has 138 valence electrons. The van der Waals surface area contributed by atoms with Crippen molar-refractivity contribution in [2.24, 2.45) is 11.7 Å². The molecule has 2 atom stereocenters. The van der Waals surface area contributed by atoms with Gasteiger partial charge >= 0.3 is 0 Å². The molecule has 1 aliphatic heterocycles. The first-order valence-electron chi connectivity index (χ1n) is 7.72. The molecule has 5 N–H and O–H groups in total. The lowest BCUT2D eigenvalue weighted by molar-refractivity contribution is -0.125. The zero-order valence-corrected chi connectivity index (χ0v) is 15.1. The zero-order chi connectivity index (χ0) is 17.9. The van der Waals surface area contributed by atoms with Gasteiger partial charge < -0.3 is 26.4 Å². The van der Waals surface area contributed by atoms with E-state index < -0.39 is 18.1 Å². The fourth-order valence-electron chi connectivity index (χ4n) is 2.08. The molecule has 9 heteroatoms. The first-order valence-corrected chi connectivity index (χ1v) is 7.72. The Morgan fingerprint density at radius 2 is 2.04 bits per heavy atom. The van der Waals surface area contributed by atoms with Gasteiger partial charge in [0, 0.05) is 5.69 Å². The number of hydrogen-bond acceptors (Lipinski definition) is 5. The van der Waals surface area contributed by atoms with Crippen LogP contribution in [0.5, 0.6) is 5.75 Å². The molecular formula is C16H23ClN4O4. The van der Waals surface area contributed by atoms with Crippen molar-refractivity contribution in [1.82, 2.24) is 5.32 Å². The van der Waals surface area contributed by atoms with Crippen molar-refractivity contribution in [1.29, 1.82) is 0 Å². The lowest BCUT2D eigenvalue weighted by Gasteiger charge is -2.23. The lowest BCUT2D eigenvalue weighted by Crippen LogP contribution is -2.46. The number of nitrogens with two attached hydrogens (primary N) is 1. The maximum Gasteiger partial charge on any atom is 0.265 e. The van der Waals surface area contributed by atoms with E-state index in [9.17, 15) is 14.4 Å². The number of halogens is 1. The molecule has 0 bridgehead atoms. The fourth-order valence-corrected chi connectivity index (χ4v) is 2.08. The van der Waals surface area contributed by atoms with Crippen molar-refractivity contribution in [2.75, 3.05) is 17.2 Å². The molecule has 2 rings (SSSR count). The van der Waals surface area contributed by atoms with E-state index in [1.165, 1.54) is 0 Å². The molecule has 1 aromatic carbocycles. The number of hydrogen-bond donors (Lipinski definition) is 4. The number of benzene rings is 1. The van der Waals surface area contributed by atoms with Crippen molar-refractivity contribution in [3.8, 4) is 5.75 Å². The second kappa shape index (κ2) is 8.68. The molecule has 0 saturated heterocycles. The SMILES string of the molecule is CC1Oc2ccc(NC(=O)CNC(=O)[C@@H](N)C(C)C)cc2NC1=O.Cl. The van der Waals surface area contributed by atoms with E-state index in [4.69, 9.17) is 10.5 Å². The summed E-state index contributed by atoms with van der Waals surface area (Å²) >= 11 is 0. The van der Waals surface area contributed by atoms with E-state index in [0.717, 1.165) is 0 Å². The van der Waals surface area contributed by atoms with Gasteiger partial charge in [-0.1, -0.05) is 13.8 Å². The van der Waals surface area contributed by atoms with Crippen LogP contribution in [-0.4, -0.2) is 36.4 Å². The summed E-state index contributed by atoms with van der Waals surface area (Å²) in [5.41, 5.74) is 6.67. The van der Waals surface area contributed by atoms with Gasteiger partial charge in [-0.05, 0) is 31.0 Å². The molecule has 1 aliphatic rings. The minimum atomic E-state index is -0.657. The second-order valence-corrected chi connectivity index (χ2v) is 6.00. The topological polar surface area (TPSA) is 123 Å². The van der Waals surface area contributed by atoms with Crippen LogP contribution in [-0.2, 0) is 14.4 Å².